The first kappa shape index (κ1) is 16.1. The number of fused-ring (bicyclic) bond motifs is 1. The van der Waals surface area contributed by atoms with E-state index in [1.807, 2.05) is 61.6 Å². The van der Waals surface area contributed by atoms with Crippen molar-refractivity contribution in [2.24, 2.45) is 0 Å². The SMILES string of the molecule is COc1ccccc1-c1noc2nc(N(C)Cc3ccccc3)ccc12. The second kappa shape index (κ2) is 6.88. The van der Waals surface area contributed by atoms with Crippen LogP contribution >= 0.6 is 0 Å². The molecule has 0 amide bonds. The minimum absolute atomic E-state index is 0.517. The normalized spacial score (nSPS) is 10.8. The monoisotopic (exact) mass is 345 g/mol. The Labute approximate surface area is 151 Å². The molecule has 4 rings (SSSR count). The fourth-order valence-electron chi connectivity index (χ4n) is 3.00. The van der Waals surface area contributed by atoms with Crippen molar-refractivity contribution in [1.29, 1.82) is 0 Å². The van der Waals surface area contributed by atoms with Crippen molar-refractivity contribution < 1.29 is 9.26 Å². The Balaban J connectivity index is 1.67. The molecule has 0 radical (unpaired) electrons. The Morgan fingerprint density at radius 2 is 1.73 bits per heavy atom. The van der Waals surface area contributed by atoms with Gasteiger partial charge in [-0.25, -0.2) is 0 Å². The second-order valence-corrected chi connectivity index (χ2v) is 6.10. The average Bonchev–Trinajstić information content (AvgIpc) is 3.11. The molecule has 0 unspecified atom stereocenters. The third kappa shape index (κ3) is 2.99. The first-order valence-electron chi connectivity index (χ1n) is 8.41. The van der Waals surface area contributed by atoms with Crippen LogP contribution in [0.3, 0.4) is 0 Å². The van der Waals surface area contributed by atoms with E-state index >= 15 is 0 Å². The van der Waals surface area contributed by atoms with Gasteiger partial charge in [0, 0.05) is 19.2 Å². The molecule has 0 aliphatic carbocycles. The fourth-order valence-corrected chi connectivity index (χ4v) is 3.00. The second-order valence-electron chi connectivity index (χ2n) is 6.10. The summed E-state index contributed by atoms with van der Waals surface area (Å²) in [7, 11) is 3.66. The summed E-state index contributed by atoms with van der Waals surface area (Å²) in [4.78, 5) is 6.71. The number of rotatable bonds is 5. The van der Waals surface area contributed by atoms with E-state index in [0.717, 1.165) is 34.8 Å². The quantitative estimate of drug-likeness (QED) is 0.532. The van der Waals surface area contributed by atoms with Gasteiger partial charge in [-0.2, -0.15) is 4.98 Å². The van der Waals surface area contributed by atoms with E-state index in [2.05, 4.69) is 27.2 Å². The molecular weight excluding hydrogens is 326 g/mol. The third-order valence-electron chi connectivity index (χ3n) is 4.34. The van der Waals surface area contributed by atoms with Gasteiger partial charge in [-0.1, -0.05) is 47.6 Å². The zero-order valence-electron chi connectivity index (χ0n) is 14.7. The number of benzene rings is 2. The summed E-state index contributed by atoms with van der Waals surface area (Å²) in [5.74, 6) is 1.59. The van der Waals surface area contributed by atoms with Crippen LogP contribution in [0.1, 0.15) is 5.56 Å². The predicted molar refractivity (Wildman–Crippen MR) is 102 cm³/mol. The first-order chi connectivity index (χ1) is 12.8. The highest BCUT2D eigenvalue weighted by Gasteiger charge is 2.16. The maximum Gasteiger partial charge on any atom is 0.260 e. The maximum absolute atomic E-state index is 5.50. The number of para-hydroxylation sites is 1. The van der Waals surface area contributed by atoms with Gasteiger partial charge in [-0.05, 0) is 29.8 Å². The van der Waals surface area contributed by atoms with Crippen molar-refractivity contribution in [3.8, 4) is 17.0 Å². The molecule has 4 aromatic rings. The number of hydrogen-bond donors (Lipinski definition) is 0. The summed E-state index contributed by atoms with van der Waals surface area (Å²) in [6.45, 7) is 0.771. The Hall–Kier alpha value is -3.34. The zero-order valence-corrected chi connectivity index (χ0v) is 14.7. The molecule has 5 nitrogen and oxygen atoms in total. The van der Waals surface area contributed by atoms with E-state index in [1.165, 1.54) is 5.56 Å². The maximum atomic E-state index is 5.50. The van der Waals surface area contributed by atoms with Gasteiger partial charge in [0.05, 0.1) is 12.5 Å². The zero-order chi connectivity index (χ0) is 17.9. The van der Waals surface area contributed by atoms with Crippen LogP contribution in [0, 0.1) is 0 Å². The first-order valence-corrected chi connectivity index (χ1v) is 8.41. The molecule has 0 fully saturated rings. The van der Waals surface area contributed by atoms with Gasteiger partial charge < -0.3 is 14.2 Å². The van der Waals surface area contributed by atoms with Gasteiger partial charge in [-0.3, -0.25) is 0 Å². The standard InChI is InChI=1S/C21H19N3O2/c1-24(14-15-8-4-3-5-9-15)19-13-12-17-20(23-26-21(17)22-19)16-10-6-7-11-18(16)25-2/h3-13H,14H2,1-2H3. The lowest BCUT2D eigenvalue weighted by atomic mass is 10.1. The van der Waals surface area contributed by atoms with Gasteiger partial charge in [0.15, 0.2) is 0 Å². The Morgan fingerprint density at radius 1 is 0.962 bits per heavy atom. The van der Waals surface area contributed by atoms with Crippen LogP contribution in [0.25, 0.3) is 22.4 Å². The smallest absolute Gasteiger partial charge is 0.260 e. The van der Waals surface area contributed by atoms with Gasteiger partial charge in [0.2, 0.25) is 0 Å². The average molecular weight is 345 g/mol. The summed E-state index contributed by atoms with van der Waals surface area (Å²) in [6, 6.07) is 22.0. The van der Waals surface area contributed by atoms with E-state index < -0.39 is 0 Å². The number of nitrogens with zero attached hydrogens (tertiary/aromatic N) is 3. The fraction of sp³-hybridized carbons (Fsp3) is 0.143. The summed E-state index contributed by atoms with van der Waals surface area (Å²) >= 11 is 0. The van der Waals surface area contributed by atoms with E-state index in [-0.39, 0.29) is 0 Å². The number of anilines is 1. The Bertz CT molecular complexity index is 1030. The molecule has 0 atom stereocenters. The molecule has 2 aromatic carbocycles. The van der Waals surface area contributed by atoms with Crippen LogP contribution in [-0.4, -0.2) is 24.3 Å². The lowest BCUT2D eigenvalue weighted by molar-refractivity contribution is 0.414. The number of methoxy groups -OCH3 is 1. The molecule has 26 heavy (non-hydrogen) atoms. The molecule has 5 heteroatoms. The summed E-state index contributed by atoms with van der Waals surface area (Å²) < 4.78 is 10.9. The van der Waals surface area contributed by atoms with Crippen molar-refractivity contribution in [3.63, 3.8) is 0 Å². The minimum Gasteiger partial charge on any atom is -0.496 e. The predicted octanol–water partition coefficient (Wildman–Crippen LogP) is 4.53. The highest BCUT2D eigenvalue weighted by Crippen LogP contribution is 2.34. The van der Waals surface area contributed by atoms with E-state index in [0.29, 0.717) is 5.71 Å². The van der Waals surface area contributed by atoms with Crippen molar-refractivity contribution in [3.05, 3.63) is 72.3 Å². The molecule has 0 spiro atoms. The summed E-state index contributed by atoms with van der Waals surface area (Å²) in [5.41, 5.74) is 3.37. The van der Waals surface area contributed by atoms with Crippen molar-refractivity contribution in [1.82, 2.24) is 10.1 Å². The van der Waals surface area contributed by atoms with Gasteiger partial charge in [0.1, 0.15) is 17.3 Å². The van der Waals surface area contributed by atoms with E-state index in [4.69, 9.17) is 9.26 Å². The molecule has 0 bridgehead atoms. The van der Waals surface area contributed by atoms with Crippen molar-refractivity contribution in [2.45, 2.75) is 6.54 Å². The van der Waals surface area contributed by atoms with Crippen LogP contribution in [-0.2, 0) is 6.54 Å². The summed E-state index contributed by atoms with van der Waals surface area (Å²) in [6.07, 6.45) is 0. The van der Waals surface area contributed by atoms with Gasteiger partial charge >= 0.3 is 0 Å². The molecule has 130 valence electrons. The molecule has 0 aliphatic rings. The number of aromatic nitrogens is 2. The van der Waals surface area contributed by atoms with Crippen LogP contribution in [0.15, 0.2) is 71.3 Å². The minimum atomic E-state index is 0.517. The van der Waals surface area contributed by atoms with Crippen LogP contribution < -0.4 is 9.64 Å². The highest BCUT2D eigenvalue weighted by atomic mass is 16.5. The van der Waals surface area contributed by atoms with Crippen LogP contribution in [0.5, 0.6) is 5.75 Å². The molecule has 0 aliphatic heterocycles. The number of pyridine rings is 1. The molecule has 0 N–H and O–H groups in total. The molecular formula is C21H19N3O2. The molecule has 2 heterocycles. The highest BCUT2D eigenvalue weighted by molar-refractivity contribution is 5.92. The van der Waals surface area contributed by atoms with Crippen LogP contribution in [0.2, 0.25) is 0 Å². The van der Waals surface area contributed by atoms with Gasteiger partial charge in [-0.15, -0.1) is 0 Å². The van der Waals surface area contributed by atoms with Crippen molar-refractivity contribution in [2.75, 3.05) is 19.1 Å². The van der Waals surface area contributed by atoms with E-state index in [1.54, 1.807) is 7.11 Å². The molecule has 0 saturated carbocycles. The van der Waals surface area contributed by atoms with Crippen molar-refractivity contribution >= 4 is 16.9 Å². The van der Waals surface area contributed by atoms with E-state index in [9.17, 15) is 0 Å². The number of hydrogen-bond acceptors (Lipinski definition) is 5. The van der Waals surface area contributed by atoms with Crippen LogP contribution in [0.4, 0.5) is 5.82 Å². The topological polar surface area (TPSA) is 51.4 Å². The lowest BCUT2D eigenvalue weighted by Crippen LogP contribution is -2.17. The lowest BCUT2D eigenvalue weighted by Gasteiger charge is -2.17. The molecule has 0 saturated heterocycles. The van der Waals surface area contributed by atoms with Gasteiger partial charge in [0.25, 0.3) is 5.71 Å². The summed E-state index contributed by atoms with van der Waals surface area (Å²) in [5, 5.41) is 5.09. The number of ether oxygens (including phenoxy) is 1. The molecule has 2 aromatic heterocycles. The Kier molecular flexibility index (Phi) is 4.27. The Morgan fingerprint density at radius 3 is 2.54 bits per heavy atom. The largest absolute Gasteiger partial charge is 0.496 e. The third-order valence-corrected chi connectivity index (χ3v) is 4.34.